The number of aliphatic carboxylic acids is 1. The zero-order valence-corrected chi connectivity index (χ0v) is 17.4. The molecule has 0 aromatic heterocycles. The highest BCUT2D eigenvalue weighted by atomic mass is 16.5. The molecule has 0 fully saturated rings. The molecule has 2 N–H and O–H groups in total. The fourth-order valence-electron chi connectivity index (χ4n) is 3.95. The summed E-state index contributed by atoms with van der Waals surface area (Å²) in [5.74, 6) is -0.975. The lowest BCUT2D eigenvalue weighted by molar-refractivity contribution is -0.131. The average molecular weight is 425 g/mol. The van der Waals surface area contributed by atoms with Crippen LogP contribution in [-0.4, -0.2) is 30.3 Å². The van der Waals surface area contributed by atoms with Gasteiger partial charge < -0.3 is 15.2 Å². The van der Waals surface area contributed by atoms with Crippen molar-refractivity contribution >= 4 is 24.2 Å². The minimum absolute atomic E-state index is 0.0246. The van der Waals surface area contributed by atoms with E-state index < -0.39 is 12.1 Å². The van der Waals surface area contributed by atoms with E-state index in [1.54, 1.807) is 12.2 Å². The third-order valence-electron chi connectivity index (χ3n) is 5.41. The number of hydrogen-bond donors (Lipinski definition) is 2. The second kappa shape index (κ2) is 9.79. The van der Waals surface area contributed by atoms with Crippen molar-refractivity contribution in [1.82, 2.24) is 5.32 Å². The van der Waals surface area contributed by atoms with Crippen molar-refractivity contribution in [2.24, 2.45) is 0 Å². The number of amides is 1. The Morgan fingerprint density at radius 1 is 0.844 bits per heavy atom. The molecule has 160 valence electrons. The van der Waals surface area contributed by atoms with Crippen molar-refractivity contribution in [3.05, 3.63) is 107 Å². The fraction of sp³-hybridized carbons (Fsp3) is 0.111. The third kappa shape index (κ3) is 4.78. The third-order valence-corrected chi connectivity index (χ3v) is 5.41. The van der Waals surface area contributed by atoms with Crippen molar-refractivity contribution in [3.63, 3.8) is 0 Å². The van der Waals surface area contributed by atoms with Gasteiger partial charge in [-0.05, 0) is 39.5 Å². The number of nitrogens with one attached hydrogen (secondary N) is 1. The Balaban J connectivity index is 1.33. The standard InChI is InChI=1S/C27H23NO4/c29-26(30)16-15-20-9-2-1-8-19(20)10-7-17-28-27(31)32-18-25-23-13-5-3-11-21(23)22-12-4-6-14-24(22)25/h1-16,25H,17-18H2,(H,28,31)(H,29,30)/b10-7?,16-15+. The number of carbonyl (C=O) groups excluding carboxylic acids is 1. The lowest BCUT2D eigenvalue weighted by atomic mass is 9.98. The smallest absolute Gasteiger partial charge is 0.407 e. The first-order valence-corrected chi connectivity index (χ1v) is 10.4. The molecule has 3 aromatic carbocycles. The topological polar surface area (TPSA) is 75.6 Å². The Bertz CT molecular complexity index is 1150. The van der Waals surface area contributed by atoms with E-state index >= 15 is 0 Å². The number of alkyl carbamates (subject to hydrolysis) is 1. The molecule has 0 unspecified atom stereocenters. The van der Waals surface area contributed by atoms with Crippen LogP contribution in [0.4, 0.5) is 4.79 Å². The maximum atomic E-state index is 12.2. The van der Waals surface area contributed by atoms with Gasteiger partial charge in [0.15, 0.2) is 0 Å². The quantitative estimate of drug-likeness (QED) is 0.501. The molecule has 1 amide bonds. The first kappa shape index (κ1) is 21.1. The molecule has 4 rings (SSSR count). The molecule has 5 heteroatoms. The molecule has 1 aliphatic rings. The van der Waals surface area contributed by atoms with E-state index in [0.717, 1.165) is 17.2 Å². The summed E-state index contributed by atoms with van der Waals surface area (Å²) in [5.41, 5.74) is 6.37. The molecule has 32 heavy (non-hydrogen) atoms. The van der Waals surface area contributed by atoms with E-state index in [1.807, 2.05) is 54.6 Å². The molecule has 3 aromatic rings. The van der Waals surface area contributed by atoms with Gasteiger partial charge >= 0.3 is 12.1 Å². The van der Waals surface area contributed by atoms with Gasteiger partial charge in [-0.15, -0.1) is 0 Å². The largest absolute Gasteiger partial charge is 0.478 e. The normalized spacial score (nSPS) is 12.6. The van der Waals surface area contributed by atoms with Gasteiger partial charge in [-0.2, -0.15) is 0 Å². The van der Waals surface area contributed by atoms with Gasteiger partial charge in [0.1, 0.15) is 6.61 Å². The molecular weight excluding hydrogens is 402 g/mol. The van der Waals surface area contributed by atoms with Crippen LogP contribution >= 0.6 is 0 Å². The predicted molar refractivity (Wildman–Crippen MR) is 125 cm³/mol. The summed E-state index contributed by atoms with van der Waals surface area (Å²) < 4.78 is 5.52. The number of benzene rings is 3. The number of carbonyl (C=O) groups is 2. The fourth-order valence-corrected chi connectivity index (χ4v) is 3.95. The Morgan fingerprint density at radius 3 is 2.03 bits per heavy atom. The van der Waals surface area contributed by atoms with Crippen molar-refractivity contribution in [1.29, 1.82) is 0 Å². The van der Waals surface area contributed by atoms with Crippen LogP contribution in [0.2, 0.25) is 0 Å². The van der Waals surface area contributed by atoms with Crippen molar-refractivity contribution in [3.8, 4) is 11.1 Å². The number of rotatable bonds is 7. The molecule has 0 radical (unpaired) electrons. The maximum absolute atomic E-state index is 12.2. The van der Waals surface area contributed by atoms with Crippen LogP contribution in [0.1, 0.15) is 28.2 Å². The molecule has 0 saturated carbocycles. The Morgan fingerprint density at radius 2 is 1.41 bits per heavy atom. The van der Waals surface area contributed by atoms with E-state index in [9.17, 15) is 9.59 Å². The average Bonchev–Trinajstić information content (AvgIpc) is 3.13. The van der Waals surface area contributed by atoms with Gasteiger partial charge in [0.2, 0.25) is 0 Å². The summed E-state index contributed by atoms with van der Waals surface area (Å²) >= 11 is 0. The first-order valence-electron chi connectivity index (χ1n) is 10.4. The second-order valence-electron chi connectivity index (χ2n) is 7.41. The summed E-state index contributed by atoms with van der Waals surface area (Å²) in [6.07, 6.45) is 5.80. The molecule has 0 saturated heterocycles. The van der Waals surface area contributed by atoms with E-state index in [0.29, 0.717) is 6.54 Å². The Hall–Kier alpha value is -4.12. The first-order chi connectivity index (χ1) is 15.6. The van der Waals surface area contributed by atoms with Crippen LogP contribution in [0, 0.1) is 0 Å². The van der Waals surface area contributed by atoms with E-state index in [4.69, 9.17) is 9.84 Å². The van der Waals surface area contributed by atoms with Crippen LogP contribution in [0.25, 0.3) is 23.3 Å². The van der Waals surface area contributed by atoms with Gasteiger partial charge in [-0.25, -0.2) is 9.59 Å². The minimum Gasteiger partial charge on any atom is -0.478 e. The van der Waals surface area contributed by atoms with Gasteiger partial charge in [0.05, 0.1) is 0 Å². The van der Waals surface area contributed by atoms with Crippen LogP contribution in [0.5, 0.6) is 0 Å². The highest BCUT2D eigenvalue weighted by Crippen LogP contribution is 2.44. The predicted octanol–water partition coefficient (Wildman–Crippen LogP) is 5.34. The zero-order valence-electron chi connectivity index (χ0n) is 17.4. The van der Waals surface area contributed by atoms with E-state index in [-0.39, 0.29) is 12.5 Å². The van der Waals surface area contributed by atoms with Gasteiger partial charge in [0, 0.05) is 18.5 Å². The minimum atomic E-state index is -0.999. The molecule has 0 aliphatic heterocycles. The zero-order chi connectivity index (χ0) is 22.3. The lowest BCUT2D eigenvalue weighted by Crippen LogP contribution is -2.26. The molecule has 0 atom stereocenters. The van der Waals surface area contributed by atoms with Crippen LogP contribution < -0.4 is 5.32 Å². The highest BCUT2D eigenvalue weighted by molar-refractivity contribution is 5.86. The van der Waals surface area contributed by atoms with E-state index in [1.165, 1.54) is 22.3 Å². The van der Waals surface area contributed by atoms with Gasteiger partial charge in [0.25, 0.3) is 0 Å². The van der Waals surface area contributed by atoms with Gasteiger partial charge in [-0.3, -0.25) is 0 Å². The molecule has 0 bridgehead atoms. The van der Waals surface area contributed by atoms with Gasteiger partial charge in [-0.1, -0.05) is 84.9 Å². The molecule has 1 aliphatic carbocycles. The molecule has 0 heterocycles. The lowest BCUT2D eigenvalue weighted by Gasteiger charge is -2.14. The van der Waals surface area contributed by atoms with Crippen molar-refractivity contribution in [2.45, 2.75) is 5.92 Å². The molecule has 0 spiro atoms. The number of hydrogen-bond acceptors (Lipinski definition) is 3. The monoisotopic (exact) mass is 425 g/mol. The molecule has 5 nitrogen and oxygen atoms in total. The second-order valence-corrected chi connectivity index (χ2v) is 7.41. The van der Waals surface area contributed by atoms with Crippen LogP contribution in [0.15, 0.2) is 84.9 Å². The number of carboxylic acids is 1. The van der Waals surface area contributed by atoms with Crippen molar-refractivity contribution in [2.75, 3.05) is 13.2 Å². The van der Waals surface area contributed by atoms with Crippen LogP contribution in [0.3, 0.4) is 0 Å². The summed E-state index contributed by atoms with van der Waals surface area (Å²) in [5, 5.41) is 11.5. The molecular formula is C27H23NO4. The van der Waals surface area contributed by atoms with E-state index in [2.05, 4.69) is 29.6 Å². The summed E-state index contributed by atoms with van der Waals surface area (Å²) in [6.45, 7) is 0.569. The van der Waals surface area contributed by atoms with Crippen molar-refractivity contribution < 1.29 is 19.4 Å². The SMILES string of the molecule is O=C(O)/C=C/c1ccccc1C=CCNC(=O)OCC1c2ccccc2-c2ccccc21. The Kier molecular flexibility index (Phi) is 6.46. The number of fused-ring (bicyclic) bond motifs is 3. The number of carboxylic acid groups (broad SMARTS) is 1. The Labute approximate surface area is 186 Å². The maximum Gasteiger partial charge on any atom is 0.407 e. The van der Waals surface area contributed by atoms with Crippen LogP contribution in [-0.2, 0) is 9.53 Å². The number of ether oxygens (including phenoxy) is 1. The summed E-state index contributed by atoms with van der Waals surface area (Å²) in [4.78, 5) is 23.0. The summed E-state index contributed by atoms with van der Waals surface area (Å²) in [7, 11) is 0. The summed E-state index contributed by atoms with van der Waals surface area (Å²) in [6, 6.07) is 23.8. The highest BCUT2D eigenvalue weighted by Gasteiger charge is 2.28.